The van der Waals surface area contributed by atoms with Crippen molar-refractivity contribution in [3.05, 3.63) is 18.0 Å². The Balaban J connectivity index is 2.31. The normalized spacial score (nSPS) is 13.4. The van der Waals surface area contributed by atoms with Crippen LogP contribution in [0.15, 0.2) is 12.4 Å². The number of nitrogens with one attached hydrogen (secondary N) is 2. The van der Waals surface area contributed by atoms with Crippen molar-refractivity contribution in [2.75, 3.05) is 6.54 Å². The lowest BCUT2D eigenvalue weighted by Crippen LogP contribution is -2.25. The lowest BCUT2D eigenvalue weighted by molar-refractivity contribution is 0.422. The molecule has 1 rings (SSSR count). The van der Waals surface area contributed by atoms with Gasteiger partial charge in [-0.1, -0.05) is 26.7 Å². The van der Waals surface area contributed by atoms with Gasteiger partial charge in [0.25, 0.3) is 0 Å². The summed E-state index contributed by atoms with van der Waals surface area (Å²) in [5.41, 5.74) is 1.23. The minimum Gasteiger partial charge on any atom is -0.310 e. The molecular formula is C11H21N3. The van der Waals surface area contributed by atoms with E-state index < -0.39 is 0 Å². The largest absolute Gasteiger partial charge is 0.310 e. The first kappa shape index (κ1) is 11.2. The molecule has 14 heavy (non-hydrogen) atoms. The summed E-state index contributed by atoms with van der Waals surface area (Å²) >= 11 is 0. The van der Waals surface area contributed by atoms with Gasteiger partial charge in [-0.3, -0.25) is 5.10 Å². The number of aromatic amines is 1. The molecule has 0 saturated heterocycles. The van der Waals surface area contributed by atoms with Crippen molar-refractivity contribution in [2.45, 2.75) is 39.7 Å². The molecule has 0 amide bonds. The molecule has 1 aromatic heterocycles. The molecule has 80 valence electrons. The van der Waals surface area contributed by atoms with E-state index in [1.807, 2.05) is 12.4 Å². The Kier molecular flexibility index (Phi) is 4.66. The second-order valence-corrected chi connectivity index (χ2v) is 3.84. The first-order valence-electron chi connectivity index (χ1n) is 5.50. The monoisotopic (exact) mass is 195 g/mol. The molecule has 0 aliphatic rings. The van der Waals surface area contributed by atoms with Gasteiger partial charge in [0.1, 0.15) is 0 Å². The van der Waals surface area contributed by atoms with E-state index in [1.165, 1.54) is 18.4 Å². The van der Waals surface area contributed by atoms with Crippen LogP contribution in [0.3, 0.4) is 0 Å². The van der Waals surface area contributed by atoms with Crippen molar-refractivity contribution in [1.29, 1.82) is 0 Å². The standard InChI is InChI=1S/C11H21N3/c1-4-10(5-2)6-12-9(3)11-7-13-14-8-11/h7-10,12H,4-6H2,1-3H3,(H,13,14). The topological polar surface area (TPSA) is 40.7 Å². The first-order valence-corrected chi connectivity index (χ1v) is 5.50. The van der Waals surface area contributed by atoms with Crippen molar-refractivity contribution in [1.82, 2.24) is 15.5 Å². The van der Waals surface area contributed by atoms with Gasteiger partial charge in [0.2, 0.25) is 0 Å². The highest BCUT2D eigenvalue weighted by molar-refractivity contribution is 5.07. The first-order chi connectivity index (χ1) is 6.77. The SMILES string of the molecule is CCC(CC)CNC(C)c1cn[nH]c1. The summed E-state index contributed by atoms with van der Waals surface area (Å²) in [4.78, 5) is 0. The Labute approximate surface area is 86.3 Å². The molecule has 1 atom stereocenters. The predicted molar refractivity (Wildman–Crippen MR) is 59.1 cm³/mol. The maximum atomic E-state index is 3.95. The van der Waals surface area contributed by atoms with E-state index in [9.17, 15) is 0 Å². The van der Waals surface area contributed by atoms with Crippen molar-refractivity contribution >= 4 is 0 Å². The molecule has 0 aliphatic carbocycles. The molecule has 0 aliphatic heterocycles. The fraction of sp³-hybridized carbons (Fsp3) is 0.727. The predicted octanol–water partition coefficient (Wildman–Crippen LogP) is 2.50. The Morgan fingerprint density at radius 2 is 2.14 bits per heavy atom. The van der Waals surface area contributed by atoms with E-state index in [0.29, 0.717) is 6.04 Å². The molecule has 1 unspecified atom stereocenters. The highest BCUT2D eigenvalue weighted by Gasteiger charge is 2.08. The number of hydrogen-bond donors (Lipinski definition) is 2. The quantitative estimate of drug-likeness (QED) is 0.732. The van der Waals surface area contributed by atoms with Crippen LogP contribution in [-0.4, -0.2) is 16.7 Å². The summed E-state index contributed by atoms with van der Waals surface area (Å²) < 4.78 is 0. The van der Waals surface area contributed by atoms with Crippen LogP contribution in [0, 0.1) is 5.92 Å². The zero-order valence-electron chi connectivity index (χ0n) is 9.38. The van der Waals surface area contributed by atoms with E-state index >= 15 is 0 Å². The Morgan fingerprint density at radius 1 is 1.43 bits per heavy atom. The number of H-pyrrole nitrogens is 1. The Bertz CT molecular complexity index is 227. The van der Waals surface area contributed by atoms with Gasteiger partial charge in [0.15, 0.2) is 0 Å². The van der Waals surface area contributed by atoms with Gasteiger partial charge in [-0.25, -0.2) is 0 Å². The smallest absolute Gasteiger partial charge is 0.0534 e. The molecule has 0 aromatic carbocycles. The Hall–Kier alpha value is -0.830. The number of rotatable bonds is 6. The van der Waals surface area contributed by atoms with E-state index in [1.54, 1.807) is 0 Å². The minimum absolute atomic E-state index is 0.398. The van der Waals surface area contributed by atoms with Crippen LogP contribution in [0.5, 0.6) is 0 Å². The average Bonchev–Trinajstić information content (AvgIpc) is 2.72. The summed E-state index contributed by atoms with van der Waals surface area (Å²) in [6, 6.07) is 0.398. The molecule has 3 heteroatoms. The summed E-state index contributed by atoms with van der Waals surface area (Å²) in [7, 11) is 0. The lowest BCUT2D eigenvalue weighted by Gasteiger charge is -2.17. The third-order valence-corrected chi connectivity index (χ3v) is 2.89. The highest BCUT2D eigenvalue weighted by Crippen LogP contribution is 2.12. The molecule has 0 spiro atoms. The van der Waals surface area contributed by atoms with Crippen molar-refractivity contribution in [3.8, 4) is 0 Å². The van der Waals surface area contributed by atoms with Crippen LogP contribution in [0.4, 0.5) is 0 Å². The fourth-order valence-corrected chi connectivity index (χ4v) is 1.54. The molecule has 1 aromatic rings. The van der Waals surface area contributed by atoms with Gasteiger partial charge < -0.3 is 5.32 Å². The zero-order valence-corrected chi connectivity index (χ0v) is 9.38. The van der Waals surface area contributed by atoms with E-state index in [-0.39, 0.29) is 0 Å². The lowest BCUT2D eigenvalue weighted by atomic mass is 10.0. The minimum atomic E-state index is 0.398. The van der Waals surface area contributed by atoms with Crippen molar-refractivity contribution in [3.63, 3.8) is 0 Å². The third-order valence-electron chi connectivity index (χ3n) is 2.89. The van der Waals surface area contributed by atoms with Crippen LogP contribution in [0.25, 0.3) is 0 Å². The zero-order chi connectivity index (χ0) is 10.4. The van der Waals surface area contributed by atoms with Crippen LogP contribution >= 0.6 is 0 Å². The Morgan fingerprint density at radius 3 is 2.64 bits per heavy atom. The fourth-order valence-electron chi connectivity index (χ4n) is 1.54. The van der Waals surface area contributed by atoms with Crippen molar-refractivity contribution < 1.29 is 0 Å². The summed E-state index contributed by atoms with van der Waals surface area (Å²) in [5.74, 6) is 0.796. The molecule has 0 bridgehead atoms. The number of hydrogen-bond acceptors (Lipinski definition) is 2. The second-order valence-electron chi connectivity index (χ2n) is 3.84. The van der Waals surface area contributed by atoms with Crippen molar-refractivity contribution in [2.24, 2.45) is 5.92 Å². The van der Waals surface area contributed by atoms with Crippen LogP contribution in [0.1, 0.15) is 45.2 Å². The molecule has 0 saturated carbocycles. The van der Waals surface area contributed by atoms with E-state index in [0.717, 1.165) is 12.5 Å². The molecule has 0 radical (unpaired) electrons. The molecule has 0 fully saturated rings. The van der Waals surface area contributed by atoms with Gasteiger partial charge in [-0.05, 0) is 19.4 Å². The van der Waals surface area contributed by atoms with Crippen LogP contribution < -0.4 is 5.32 Å². The highest BCUT2D eigenvalue weighted by atomic mass is 15.1. The molecule has 2 N–H and O–H groups in total. The van der Waals surface area contributed by atoms with Gasteiger partial charge in [-0.2, -0.15) is 5.10 Å². The maximum absolute atomic E-state index is 3.95. The number of aromatic nitrogens is 2. The summed E-state index contributed by atoms with van der Waals surface area (Å²) in [5, 5.41) is 10.3. The third kappa shape index (κ3) is 3.14. The van der Waals surface area contributed by atoms with E-state index in [2.05, 4.69) is 36.3 Å². The van der Waals surface area contributed by atoms with Gasteiger partial charge in [0, 0.05) is 17.8 Å². The van der Waals surface area contributed by atoms with Gasteiger partial charge >= 0.3 is 0 Å². The molecule has 1 heterocycles. The van der Waals surface area contributed by atoms with E-state index in [4.69, 9.17) is 0 Å². The maximum Gasteiger partial charge on any atom is 0.0534 e. The number of nitrogens with zero attached hydrogens (tertiary/aromatic N) is 1. The molecule has 3 nitrogen and oxygen atoms in total. The molecular weight excluding hydrogens is 174 g/mol. The summed E-state index contributed by atoms with van der Waals surface area (Å²) in [6.07, 6.45) is 6.33. The second kappa shape index (κ2) is 5.81. The summed E-state index contributed by atoms with van der Waals surface area (Å²) in [6.45, 7) is 7.77. The van der Waals surface area contributed by atoms with Gasteiger partial charge in [0.05, 0.1) is 6.20 Å². The average molecular weight is 195 g/mol. The van der Waals surface area contributed by atoms with Gasteiger partial charge in [-0.15, -0.1) is 0 Å². The van der Waals surface area contributed by atoms with Crippen LogP contribution in [-0.2, 0) is 0 Å². The van der Waals surface area contributed by atoms with Crippen LogP contribution in [0.2, 0.25) is 0 Å².